The van der Waals surface area contributed by atoms with Gasteiger partial charge < -0.3 is 4.98 Å². The summed E-state index contributed by atoms with van der Waals surface area (Å²) in [6, 6.07) is 14.2. The van der Waals surface area contributed by atoms with Crippen molar-refractivity contribution in [3.8, 4) is 6.07 Å². The molecule has 1 aromatic heterocycles. The molecular formula is C25H25N3OS. The van der Waals surface area contributed by atoms with Crippen LogP contribution < -0.4 is 0 Å². The Morgan fingerprint density at radius 1 is 1.17 bits per heavy atom. The quantitative estimate of drug-likeness (QED) is 0.572. The normalized spacial score (nSPS) is 18.8. The summed E-state index contributed by atoms with van der Waals surface area (Å²) in [5.74, 6) is 0.630. The maximum Gasteiger partial charge on any atom is 0.195 e. The summed E-state index contributed by atoms with van der Waals surface area (Å²) in [5, 5.41) is 10.2. The molecule has 0 radical (unpaired) electrons. The number of rotatable bonds is 2. The van der Waals surface area contributed by atoms with Gasteiger partial charge in [-0.1, -0.05) is 50.1 Å². The second-order valence-electron chi connectivity index (χ2n) is 8.89. The highest BCUT2D eigenvalue weighted by Crippen LogP contribution is 2.45. The molecule has 1 saturated heterocycles. The van der Waals surface area contributed by atoms with Crippen molar-refractivity contribution in [2.75, 3.05) is 19.3 Å². The Labute approximate surface area is 181 Å². The van der Waals surface area contributed by atoms with E-state index in [4.69, 9.17) is 0 Å². The van der Waals surface area contributed by atoms with E-state index in [9.17, 15) is 10.1 Å². The van der Waals surface area contributed by atoms with Crippen molar-refractivity contribution in [2.24, 2.45) is 0 Å². The van der Waals surface area contributed by atoms with Gasteiger partial charge in [0.2, 0.25) is 0 Å². The predicted molar refractivity (Wildman–Crippen MR) is 122 cm³/mol. The smallest absolute Gasteiger partial charge is 0.195 e. The molecule has 0 bridgehead atoms. The SMILES string of the molecule is CSN1CCC(c2ccc3c(c2)C(C)(C)c2[nH]c4cc(C#N)ccc4c2C3=O)CC1. The monoisotopic (exact) mass is 415 g/mol. The summed E-state index contributed by atoms with van der Waals surface area (Å²) >= 11 is 1.83. The number of hydrogen-bond acceptors (Lipinski definition) is 4. The zero-order valence-electron chi connectivity index (χ0n) is 17.6. The minimum atomic E-state index is -0.305. The zero-order chi connectivity index (χ0) is 21.0. The predicted octanol–water partition coefficient (Wildman–Crippen LogP) is 5.37. The Morgan fingerprint density at radius 3 is 2.63 bits per heavy atom. The minimum Gasteiger partial charge on any atom is -0.357 e. The molecule has 0 saturated carbocycles. The zero-order valence-corrected chi connectivity index (χ0v) is 18.4. The summed E-state index contributed by atoms with van der Waals surface area (Å²) in [6.07, 6.45) is 4.45. The number of benzene rings is 2. The van der Waals surface area contributed by atoms with E-state index in [-0.39, 0.29) is 11.2 Å². The Bertz CT molecular complexity index is 1210. The number of nitrogens with zero attached hydrogens (tertiary/aromatic N) is 2. The van der Waals surface area contributed by atoms with Gasteiger partial charge in [-0.2, -0.15) is 5.26 Å². The second-order valence-corrected chi connectivity index (χ2v) is 9.77. The van der Waals surface area contributed by atoms with Gasteiger partial charge >= 0.3 is 0 Å². The van der Waals surface area contributed by atoms with Crippen molar-refractivity contribution in [3.05, 3.63) is 69.9 Å². The van der Waals surface area contributed by atoms with Gasteiger partial charge in [-0.15, -0.1) is 0 Å². The van der Waals surface area contributed by atoms with Gasteiger partial charge in [-0.3, -0.25) is 9.10 Å². The number of piperidine rings is 1. The standard InChI is InChI=1S/C25H25N3OS/c1-25(2)20-13-17(16-8-10-28(30-3)11-9-16)5-7-18(20)23(29)22-19-6-4-15(14-26)12-21(19)27-24(22)25/h4-7,12-13,16,27H,8-11H2,1-3H3. The lowest BCUT2D eigenvalue weighted by molar-refractivity contribution is 0.103. The van der Waals surface area contributed by atoms with Gasteiger partial charge in [0.1, 0.15) is 0 Å². The van der Waals surface area contributed by atoms with Gasteiger partial charge in [-0.05, 0) is 48.3 Å². The van der Waals surface area contributed by atoms with Crippen LogP contribution in [0.4, 0.5) is 0 Å². The van der Waals surface area contributed by atoms with Crippen LogP contribution in [0.1, 0.15) is 70.9 Å². The van der Waals surface area contributed by atoms with Gasteiger partial charge in [0.05, 0.1) is 17.2 Å². The number of nitrogens with one attached hydrogen (secondary N) is 1. The molecule has 0 unspecified atom stereocenters. The fourth-order valence-electron chi connectivity index (χ4n) is 5.14. The summed E-state index contributed by atoms with van der Waals surface area (Å²) < 4.78 is 2.43. The highest BCUT2D eigenvalue weighted by molar-refractivity contribution is 7.96. The van der Waals surface area contributed by atoms with Gasteiger partial charge in [0, 0.05) is 40.7 Å². The van der Waals surface area contributed by atoms with Crippen molar-refractivity contribution < 1.29 is 4.79 Å². The molecule has 152 valence electrons. The lowest BCUT2D eigenvalue weighted by Gasteiger charge is -2.34. The summed E-state index contributed by atoms with van der Waals surface area (Å²) in [6.45, 7) is 6.60. The average molecular weight is 416 g/mol. The van der Waals surface area contributed by atoms with Crippen molar-refractivity contribution in [3.63, 3.8) is 0 Å². The lowest BCUT2D eigenvalue weighted by Crippen LogP contribution is -2.31. The molecule has 5 heteroatoms. The first-order chi connectivity index (χ1) is 14.4. The van der Waals surface area contributed by atoms with Crippen molar-refractivity contribution >= 4 is 28.6 Å². The van der Waals surface area contributed by atoms with Crippen LogP contribution in [0.3, 0.4) is 0 Å². The molecule has 0 atom stereocenters. The number of carbonyl (C=O) groups excluding carboxylic acids is 1. The molecule has 2 aliphatic rings. The Morgan fingerprint density at radius 2 is 1.93 bits per heavy atom. The van der Waals surface area contributed by atoms with E-state index in [1.165, 1.54) is 5.56 Å². The number of aromatic nitrogens is 1. The molecule has 0 spiro atoms. The largest absolute Gasteiger partial charge is 0.357 e. The fourth-order valence-corrected chi connectivity index (χ4v) is 5.72. The molecule has 1 N–H and O–H groups in total. The van der Waals surface area contributed by atoms with E-state index in [2.05, 4.69) is 47.6 Å². The number of nitriles is 1. The molecule has 30 heavy (non-hydrogen) atoms. The van der Waals surface area contributed by atoms with E-state index >= 15 is 0 Å². The number of fused-ring (bicyclic) bond motifs is 4. The number of ketones is 1. The minimum absolute atomic E-state index is 0.0824. The van der Waals surface area contributed by atoms with E-state index in [0.29, 0.717) is 11.5 Å². The van der Waals surface area contributed by atoms with Crippen LogP contribution in [0.25, 0.3) is 10.9 Å². The Kier molecular flexibility index (Phi) is 4.53. The summed E-state index contributed by atoms with van der Waals surface area (Å²) in [5.41, 5.74) is 6.13. The Balaban J connectivity index is 1.60. The number of carbonyl (C=O) groups is 1. The van der Waals surface area contributed by atoms with Crippen LogP contribution in [-0.4, -0.2) is 34.4 Å². The molecule has 4 nitrogen and oxygen atoms in total. The number of aromatic amines is 1. The third-order valence-electron chi connectivity index (χ3n) is 6.92. The van der Waals surface area contributed by atoms with Gasteiger partial charge in [0.15, 0.2) is 5.78 Å². The number of H-pyrrole nitrogens is 1. The molecule has 1 aliphatic heterocycles. The first-order valence-corrected chi connectivity index (χ1v) is 11.7. The lowest BCUT2D eigenvalue weighted by atomic mass is 9.70. The highest BCUT2D eigenvalue weighted by atomic mass is 32.2. The van der Waals surface area contributed by atoms with E-state index in [1.54, 1.807) is 6.07 Å². The molecule has 3 aromatic rings. The van der Waals surface area contributed by atoms with Crippen molar-refractivity contribution in [1.82, 2.24) is 9.29 Å². The average Bonchev–Trinajstić information content (AvgIpc) is 3.17. The van der Waals surface area contributed by atoms with E-state index < -0.39 is 0 Å². The van der Waals surface area contributed by atoms with Crippen LogP contribution in [0.15, 0.2) is 36.4 Å². The van der Waals surface area contributed by atoms with Crippen molar-refractivity contribution in [2.45, 2.75) is 38.0 Å². The summed E-state index contributed by atoms with van der Waals surface area (Å²) in [4.78, 5) is 17.0. The van der Waals surface area contributed by atoms with Crippen LogP contribution >= 0.6 is 11.9 Å². The number of hydrogen-bond donors (Lipinski definition) is 1. The third-order valence-corrected chi connectivity index (χ3v) is 7.81. The second kappa shape index (κ2) is 7.01. The first-order valence-electron chi connectivity index (χ1n) is 10.5. The van der Waals surface area contributed by atoms with Gasteiger partial charge in [0.25, 0.3) is 0 Å². The molecule has 1 aliphatic carbocycles. The van der Waals surface area contributed by atoms with Crippen LogP contribution in [0.2, 0.25) is 0 Å². The molecule has 2 aromatic carbocycles. The third kappa shape index (κ3) is 2.82. The van der Waals surface area contributed by atoms with Gasteiger partial charge in [-0.25, -0.2) is 0 Å². The van der Waals surface area contributed by atoms with E-state index in [1.807, 2.05) is 30.1 Å². The molecular weight excluding hydrogens is 390 g/mol. The van der Waals surface area contributed by atoms with Crippen LogP contribution in [0.5, 0.6) is 0 Å². The topological polar surface area (TPSA) is 59.9 Å². The Hall–Kier alpha value is -2.55. The summed E-state index contributed by atoms with van der Waals surface area (Å²) in [7, 11) is 0. The van der Waals surface area contributed by atoms with Crippen LogP contribution in [-0.2, 0) is 5.41 Å². The highest BCUT2D eigenvalue weighted by Gasteiger charge is 2.40. The van der Waals surface area contributed by atoms with Crippen molar-refractivity contribution in [1.29, 1.82) is 5.26 Å². The molecule has 0 amide bonds. The van der Waals surface area contributed by atoms with Crippen LogP contribution in [0, 0.1) is 11.3 Å². The first kappa shape index (κ1) is 19.4. The molecule has 2 heterocycles. The van der Waals surface area contributed by atoms with E-state index in [0.717, 1.165) is 59.2 Å². The maximum absolute atomic E-state index is 13.5. The molecule has 5 rings (SSSR count). The molecule has 1 fully saturated rings. The maximum atomic E-state index is 13.5. The fraction of sp³-hybridized carbons (Fsp3) is 0.360.